The molecule has 0 saturated carbocycles. The molecule has 5 heteroatoms. The second-order valence-electron chi connectivity index (χ2n) is 5.52. The van der Waals surface area contributed by atoms with E-state index in [1.807, 2.05) is 45.0 Å². The molecule has 0 unspecified atom stereocenters. The number of hydrogen-bond donors (Lipinski definition) is 2. The Kier molecular flexibility index (Phi) is 4.07. The van der Waals surface area contributed by atoms with E-state index in [1.54, 1.807) is 0 Å². The maximum Gasteiger partial charge on any atom is 0.319 e. The molecule has 0 bridgehead atoms. The molecule has 0 spiro atoms. The van der Waals surface area contributed by atoms with Gasteiger partial charge in [0.05, 0.1) is 13.2 Å². The molecule has 1 aliphatic heterocycles. The van der Waals surface area contributed by atoms with Gasteiger partial charge in [0.2, 0.25) is 0 Å². The first kappa shape index (κ1) is 13.8. The zero-order chi connectivity index (χ0) is 13.9. The maximum atomic E-state index is 11.7. The zero-order valence-corrected chi connectivity index (χ0v) is 11.5. The summed E-state index contributed by atoms with van der Waals surface area (Å²) in [6.07, 6.45) is -0.280. The van der Waals surface area contributed by atoms with Crippen molar-refractivity contribution in [3.63, 3.8) is 0 Å². The summed E-state index contributed by atoms with van der Waals surface area (Å²) in [4.78, 5) is 11.7. The van der Waals surface area contributed by atoms with Crippen LogP contribution in [0.3, 0.4) is 0 Å². The summed E-state index contributed by atoms with van der Waals surface area (Å²) in [7, 11) is 0. The Labute approximate surface area is 113 Å². The van der Waals surface area contributed by atoms with Crippen LogP contribution in [0, 0.1) is 0 Å². The number of urea groups is 1. The summed E-state index contributed by atoms with van der Waals surface area (Å²) in [6, 6.07) is 7.24. The normalized spacial score (nSPS) is 16.4. The largest absolute Gasteiger partial charge is 0.346 e. The van der Waals surface area contributed by atoms with E-state index in [0.717, 1.165) is 11.3 Å². The van der Waals surface area contributed by atoms with E-state index in [9.17, 15) is 4.79 Å². The molecular formula is C14H20N2O3. The van der Waals surface area contributed by atoms with E-state index in [0.29, 0.717) is 13.2 Å². The number of carbonyl (C=O) groups excluding carboxylic acids is 1. The summed E-state index contributed by atoms with van der Waals surface area (Å²) in [6.45, 7) is 7.05. The second-order valence-corrected chi connectivity index (χ2v) is 5.52. The topological polar surface area (TPSA) is 59.6 Å². The standard InChI is InChI=1S/C14H20N2O3/c1-14(2,3)16-13(17)15-11-6-4-10(5-7-11)12-18-8-9-19-12/h4-7,12H,8-9H2,1-3H3,(H2,15,16,17). The van der Waals surface area contributed by atoms with Gasteiger partial charge in [-0.3, -0.25) is 0 Å². The molecule has 104 valence electrons. The van der Waals surface area contributed by atoms with Crippen molar-refractivity contribution in [2.45, 2.75) is 32.6 Å². The average molecular weight is 264 g/mol. The van der Waals surface area contributed by atoms with Crippen LogP contribution in [0.5, 0.6) is 0 Å². The van der Waals surface area contributed by atoms with Crippen molar-refractivity contribution >= 4 is 11.7 Å². The Morgan fingerprint density at radius 3 is 2.26 bits per heavy atom. The van der Waals surface area contributed by atoms with Crippen molar-refractivity contribution in [3.05, 3.63) is 29.8 Å². The lowest BCUT2D eigenvalue weighted by molar-refractivity contribution is -0.0441. The summed E-state index contributed by atoms with van der Waals surface area (Å²) in [5.41, 5.74) is 1.44. The fourth-order valence-electron chi connectivity index (χ4n) is 1.78. The number of carbonyl (C=O) groups is 1. The Hall–Kier alpha value is -1.59. The van der Waals surface area contributed by atoms with Crippen LogP contribution in [0.2, 0.25) is 0 Å². The van der Waals surface area contributed by atoms with Gasteiger partial charge >= 0.3 is 6.03 Å². The number of benzene rings is 1. The lowest BCUT2D eigenvalue weighted by Gasteiger charge is -2.20. The quantitative estimate of drug-likeness (QED) is 0.863. The van der Waals surface area contributed by atoms with Crippen molar-refractivity contribution in [2.24, 2.45) is 0 Å². The summed E-state index contributed by atoms with van der Waals surface area (Å²) >= 11 is 0. The predicted molar refractivity (Wildman–Crippen MR) is 73.0 cm³/mol. The maximum absolute atomic E-state index is 11.7. The molecule has 5 nitrogen and oxygen atoms in total. The lowest BCUT2D eigenvalue weighted by atomic mass is 10.1. The van der Waals surface area contributed by atoms with Gasteiger partial charge in [0.1, 0.15) is 0 Å². The minimum Gasteiger partial charge on any atom is -0.346 e. The van der Waals surface area contributed by atoms with E-state index in [2.05, 4.69) is 10.6 Å². The fraction of sp³-hybridized carbons (Fsp3) is 0.500. The summed E-state index contributed by atoms with van der Waals surface area (Å²) < 4.78 is 10.8. The van der Waals surface area contributed by atoms with Crippen LogP contribution in [0.1, 0.15) is 32.6 Å². The molecule has 1 aliphatic rings. The highest BCUT2D eigenvalue weighted by molar-refractivity contribution is 5.89. The van der Waals surface area contributed by atoms with Gasteiger partial charge in [-0.2, -0.15) is 0 Å². The van der Waals surface area contributed by atoms with Crippen LogP contribution >= 0.6 is 0 Å². The summed E-state index contributed by atoms with van der Waals surface area (Å²) in [5, 5.41) is 5.62. The van der Waals surface area contributed by atoms with Gasteiger partial charge in [-0.1, -0.05) is 12.1 Å². The molecule has 2 rings (SSSR count). The van der Waals surface area contributed by atoms with Crippen LogP contribution in [-0.4, -0.2) is 24.8 Å². The van der Waals surface area contributed by atoms with Crippen molar-refractivity contribution < 1.29 is 14.3 Å². The monoisotopic (exact) mass is 264 g/mol. The molecule has 19 heavy (non-hydrogen) atoms. The number of hydrogen-bond acceptors (Lipinski definition) is 3. The Bertz CT molecular complexity index is 431. The Balaban J connectivity index is 1.93. The van der Waals surface area contributed by atoms with E-state index in [-0.39, 0.29) is 17.9 Å². The SMILES string of the molecule is CC(C)(C)NC(=O)Nc1ccc(C2OCCO2)cc1. The van der Waals surface area contributed by atoms with Crippen molar-refractivity contribution in [1.82, 2.24) is 5.32 Å². The number of rotatable bonds is 2. The van der Waals surface area contributed by atoms with Crippen LogP contribution in [0.4, 0.5) is 10.5 Å². The first-order chi connectivity index (χ1) is 8.94. The molecule has 1 heterocycles. The molecule has 1 aromatic carbocycles. The van der Waals surface area contributed by atoms with Gasteiger partial charge in [0, 0.05) is 16.8 Å². The molecule has 2 amide bonds. The van der Waals surface area contributed by atoms with Gasteiger partial charge in [-0.25, -0.2) is 4.79 Å². The molecule has 0 aliphatic carbocycles. The predicted octanol–water partition coefficient (Wildman–Crippen LogP) is 2.65. The second kappa shape index (κ2) is 5.59. The minimum absolute atomic E-state index is 0.214. The van der Waals surface area contributed by atoms with Crippen LogP contribution in [-0.2, 0) is 9.47 Å². The molecule has 1 fully saturated rings. The van der Waals surface area contributed by atoms with Crippen molar-refractivity contribution in [2.75, 3.05) is 18.5 Å². The third-order valence-corrected chi connectivity index (χ3v) is 2.55. The third-order valence-electron chi connectivity index (χ3n) is 2.55. The smallest absolute Gasteiger partial charge is 0.319 e. The molecule has 2 N–H and O–H groups in total. The van der Waals surface area contributed by atoms with Gasteiger partial charge < -0.3 is 20.1 Å². The Morgan fingerprint density at radius 2 is 1.74 bits per heavy atom. The third kappa shape index (κ3) is 4.22. The molecule has 1 aromatic rings. The Morgan fingerprint density at radius 1 is 1.16 bits per heavy atom. The molecule has 0 radical (unpaired) electrons. The highest BCUT2D eigenvalue weighted by Gasteiger charge is 2.18. The molecule has 0 aromatic heterocycles. The minimum atomic E-state index is -0.280. The lowest BCUT2D eigenvalue weighted by Crippen LogP contribution is -2.43. The van der Waals surface area contributed by atoms with Gasteiger partial charge in [-0.15, -0.1) is 0 Å². The number of anilines is 1. The first-order valence-electron chi connectivity index (χ1n) is 6.36. The van der Waals surface area contributed by atoms with E-state index in [1.165, 1.54) is 0 Å². The van der Waals surface area contributed by atoms with Crippen molar-refractivity contribution in [3.8, 4) is 0 Å². The van der Waals surface area contributed by atoms with E-state index < -0.39 is 0 Å². The van der Waals surface area contributed by atoms with Crippen LogP contribution in [0.15, 0.2) is 24.3 Å². The molecule has 0 atom stereocenters. The van der Waals surface area contributed by atoms with Crippen molar-refractivity contribution in [1.29, 1.82) is 0 Å². The highest BCUT2D eigenvalue weighted by Crippen LogP contribution is 2.24. The first-order valence-corrected chi connectivity index (χ1v) is 6.36. The fourth-order valence-corrected chi connectivity index (χ4v) is 1.78. The number of ether oxygens (including phenoxy) is 2. The van der Waals surface area contributed by atoms with E-state index >= 15 is 0 Å². The molecule has 1 saturated heterocycles. The zero-order valence-electron chi connectivity index (χ0n) is 11.5. The van der Waals surface area contributed by atoms with Crippen LogP contribution < -0.4 is 10.6 Å². The van der Waals surface area contributed by atoms with Gasteiger partial charge in [-0.05, 0) is 32.9 Å². The van der Waals surface area contributed by atoms with Crippen LogP contribution in [0.25, 0.3) is 0 Å². The van der Waals surface area contributed by atoms with Gasteiger partial charge in [0.15, 0.2) is 6.29 Å². The number of amides is 2. The van der Waals surface area contributed by atoms with E-state index in [4.69, 9.17) is 9.47 Å². The summed E-state index contributed by atoms with van der Waals surface area (Å²) in [5.74, 6) is 0. The average Bonchev–Trinajstić information content (AvgIpc) is 2.80. The van der Waals surface area contributed by atoms with Gasteiger partial charge in [0.25, 0.3) is 0 Å². The number of nitrogens with one attached hydrogen (secondary N) is 2. The molecular weight excluding hydrogens is 244 g/mol. The highest BCUT2D eigenvalue weighted by atomic mass is 16.7.